The van der Waals surface area contributed by atoms with Gasteiger partial charge in [0.15, 0.2) is 0 Å². The van der Waals surface area contributed by atoms with Gasteiger partial charge in [-0.3, -0.25) is 9.78 Å². The fourth-order valence-corrected chi connectivity index (χ4v) is 3.39. The molecule has 2 aromatic carbocycles. The van der Waals surface area contributed by atoms with E-state index in [1.165, 1.54) is 6.20 Å². The molecule has 0 saturated carbocycles. The van der Waals surface area contributed by atoms with Gasteiger partial charge >= 0.3 is 0 Å². The van der Waals surface area contributed by atoms with Crippen LogP contribution in [0.2, 0.25) is 5.15 Å². The number of hydrogen-bond acceptors (Lipinski definition) is 3. The number of carbonyl (C=O) groups is 1. The molecule has 0 aliphatic carbocycles. The maximum Gasteiger partial charge on any atom is 0.255 e. The van der Waals surface area contributed by atoms with E-state index in [1.807, 2.05) is 54.7 Å². The molecule has 0 aliphatic rings. The lowest BCUT2D eigenvalue weighted by Crippen LogP contribution is -2.12. The molecule has 5 nitrogen and oxygen atoms in total. The molecular formula is C22H19ClN4O. The van der Waals surface area contributed by atoms with Crippen molar-refractivity contribution < 1.29 is 4.79 Å². The first-order chi connectivity index (χ1) is 13.6. The number of rotatable bonds is 5. The molecule has 4 aromatic rings. The molecule has 6 heteroatoms. The van der Waals surface area contributed by atoms with Crippen molar-refractivity contribution in [3.63, 3.8) is 0 Å². The zero-order valence-corrected chi connectivity index (χ0v) is 16.1. The largest absolute Gasteiger partial charge is 0.361 e. The fourth-order valence-electron chi connectivity index (χ4n) is 3.22. The Balaban J connectivity index is 1.49. The first kappa shape index (κ1) is 18.2. The third-order valence-corrected chi connectivity index (χ3v) is 4.88. The van der Waals surface area contributed by atoms with Crippen molar-refractivity contribution in [1.82, 2.24) is 15.0 Å². The van der Waals surface area contributed by atoms with Crippen molar-refractivity contribution in [3.8, 4) is 0 Å². The SMILES string of the molecule is C[C@H](Cc1cncc(Cl)n1)c1cccc(NC(=O)c2ccc3cc[nH]c3c2)c1. The minimum atomic E-state index is -0.137. The second-order valence-corrected chi connectivity index (χ2v) is 7.18. The van der Waals surface area contributed by atoms with Crippen LogP contribution in [0.25, 0.3) is 10.9 Å². The number of hydrogen-bond donors (Lipinski definition) is 2. The number of nitrogens with zero attached hydrogens (tertiary/aromatic N) is 2. The Morgan fingerprint density at radius 1 is 1.18 bits per heavy atom. The number of anilines is 1. The standard InChI is InChI=1S/C22H19ClN4O/c1-14(9-19-12-24-13-21(23)26-19)16-3-2-4-18(10-16)27-22(28)17-6-5-15-7-8-25-20(15)11-17/h2-8,10-14,25H,9H2,1H3,(H,27,28)/t14-/m1/s1. The summed E-state index contributed by atoms with van der Waals surface area (Å²) in [5.74, 6) is 0.0712. The van der Waals surface area contributed by atoms with Crippen LogP contribution >= 0.6 is 11.6 Å². The number of fused-ring (bicyclic) bond motifs is 1. The molecule has 0 fully saturated rings. The highest BCUT2D eigenvalue weighted by Crippen LogP contribution is 2.23. The van der Waals surface area contributed by atoms with Crippen molar-refractivity contribution in [3.05, 3.63) is 89.1 Å². The van der Waals surface area contributed by atoms with Crippen LogP contribution in [0, 0.1) is 0 Å². The number of aromatic nitrogens is 3. The summed E-state index contributed by atoms with van der Waals surface area (Å²) in [4.78, 5) is 24.1. The van der Waals surface area contributed by atoms with Gasteiger partial charge in [0.25, 0.3) is 5.91 Å². The van der Waals surface area contributed by atoms with Crippen LogP contribution in [0.3, 0.4) is 0 Å². The molecule has 2 aromatic heterocycles. The van der Waals surface area contributed by atoms with Crippen molar-refractivity contribution in [2.45, 2.75) is 19.3 Å². The molecule has 28 heavy (non-hydrogen) atoms. The minimum Gasteiger partial charge on any atom is -0.361 e. The Bertz CT molecular complexity index is 1140. The Kier molecular flexibility index (Phi) is 5.08. The average Bonchev–Trinajstić information content (AvgIpc) is 3.16. The van der Waals surface area contributed by atoms with E-state index in [-0.39, 0.29) is 11.8 Å². The minimum absolute atomic E-state index is 0.137. The van der Waals surface area contributed by atoms with Gasteiger partial charge in [0, 0.05) is 29.2 Å². The van der Waals surface area contributed by atoms with Crippen LogP contribution in [0.4, 0.5) is 5.69 Å². The molecule has 0 radical (unpaired) electrons. The number of aromatic amines is 1. The molecule has 2 heterocycles. The number of carbonyl (C=O) groups excluding carboxylic acids is 1. The van der Waals surface area contributed by atoms with Crippen molar-refractivity contribution in [1.29, 1.82) is 0 Å². The van der Waals surface area contributed by atoms with E-state index < -0.39 is 0 Å². The Morgan fingerprint density at radius 2 is 2.07 bits per heavy atom. The molecule has 0 spiro atoms. The maximum absolute atomic E-state index is 12.6. The zero-order valence-electron chi connectivity index (χ0n) is 15.3. The third kappa shape index (κ3) is 4.05. The van der Waals surface area contributed by atoms with Gasteiger partial charge in [0.05, 0.1) is 11.9 Å². The number of benzene rings is 2. The van der Waals surface area contributed by atoms with Gasteiger partial charge in [-0.2, -0.15) is 0 Å². The first-order valence-corrected chi connectivity index (χ1v) is 9.41. The van der Waals surface area contributed by atoms with E-state index in [0.717, 1.165) is 27.8 Å². The number of nitrogens with one attached hydrogen (secondary N) is 2. The van der Waals surface area contributed by atoms with Gasteiger partial charge in [0.1, 0.15) is 5.15 Å². The van der Waals surface area contributed by atoms with Gasteiger partial charge in [-0.15, -0.1) is 0 Å². The predicted octanol–water partition coefficient (Wildman–Crippen LogP) is 5.21. The van der Waals surface area contributed by atoms with Gasteiger partial charge in [0.2, 0.25) is 0 Å². The Labute approximate surface area is 167 Å². The van der Waals surface area contributed by atoms with Gasteiger partial charge in [-0.05, 0) is 53.6 Å². The van der Waals surface area contributed by atoms with E-state index in [2.05, 4.69) is 27.2 Å². The Hall–Kier alpha value is -3.18. The van der Waals surface area contributed by atoms with E-state index in [1.54, 1.807) is 6.20 Å². The first-order valence-electron chi connectivity index (χ1n) is 9.03. The third-order valence-electron chi connectivity index (χ3n) is 4.70. The molecule has 2 N–H and O–H groups in total. The molecule has 0 bridgehead atoms. The molecule has 1 amide bonds. The number of amides is 1. The lowest BCUT2D eigenvalue weighted by Gasteiger charge is -2.13. The quantitative estimate of drug-likeness (QED) is 0.491. The summed E-state index contributed by atoms with van der Waals surface area (Å²) < 4.78 is 0. The topological polar surface area (TPSA) is 70.7 Å². The molecule has 0 unspecified atom stereocenters. The monoisotopic (exact) mass is 390 g/mol. The summed E-state index contributed by atoms with van der Waals surface area (Å²) >= 11 is 5.92. The normalized spacial score (nSPS) is 12.1. The van der Waals surface area contributed by atoms with E-state index >= 15 is 0 Å². The summed E-state index contributed by atoms with van der Waals surface area (Å²) in [5.41, 5.74) is 4.27. The van der Waals surface area contributed by atoms with Crippen LogP contribution < -0.4 is 5.32 Å². The second-order valence-electron chi connectivity index (χ2n) is 6.80. The zero-order chi connectivity index (χ0) is 19.5. The fraction of sp³-hybridized carbons (Fsp3) is 0.136. The molecule has 140 valence electrons. The van der Waals surface area contributed by atoms with Gasteiger partial charge in [-0.25, -0.2) is 4.98 Å². The lowest BCUT2D eigenvalue weighted by molar-refractivity contribution is 0.102. The summed E-state index contributed by atoms with van der Waals surface area (Å²) in [6.07, 6.45) is 5.83. The average molecular weight is 391 g/mol. The van der Waals surface area contributed by atoms with E-state index in [9.17, 15) is 4.79 Å². The van der Waals surface area contributed by atoms with Crippen LogP contribution in [-0.2, 0) is 6.42 Å². The molecule has 1 atom stereocenters. The molecule has 0 aliphatic heterocycles. The van der Waals surface area contributed by atoms with Crippen LogP contribution in [-0.4, -0.2) is 20.9 Å². The van der Waals surface area contributed by atoms with Crippen LogP contribution in [0.5, 0.6) is 0 Å². The van der Waals surface area contributed by atoms with Crippen LogP contribution in [0.15, 0.2) is 67.1 Å². The smallest absolute Gasteiger partial charge is 0.255 e. The van der Waals surface area contributed by atoms with E-state index in [0.29, 0.717) is 17.1 Å². The number of H-pyrrole nitrogens is 1. The van der Waals surface area contributed by atoms with Crippen molar-refractivity contribution >= 4 is 34.1 Å². The second kappa shape index (κ2) is 7.82. The summed E-state index contributed by atoms with van der Waals surface area (Å²) in [6, 6.07) is 15.5. The summed E-state index contributed by atoms with van der Waals surface area (Å²) in [6.45, 7) is 2.11. The highest BCUT2D eigenvalue weighted by atomic mass is 35.5. The van der Waals surface area contributed by atoms with Gasteiger partial charge in [-0.1, -0.05) is 36.7 Å². The van der Waals surface area contributed by atoms with Gasteiger partial charge < -0.3 is 10.3 Å². The molecule has 0 saturated heterocycles. The highest BCUT2D eigenvalue weighted by molar-refractivity contribution is 6.29. The Morgan fingerprint density at radius 3 is 2.93 bits per heavy atom. The summed E-state index contributed by atoms with van der Waals surface area (Å²) in [5, 5.41) is 4.45. The molecule has 4 rings (SSSR count). The maximum atomic E-state index is 12.6. The summed E-state index contributed by atoms with van der Waals surface area (Å²) in [7, 11) is 0. The van der Waals surface area contributed by atoms with E-state index in [4.69, 9.17) is 11.6 Å². The molecular weight excluding hydrogens is 372 g/mol. The van der Waals surface area contributed by atoms with Crippen molar-refractivity contribution in [2.75, 3.05) is 5.32 Å². The number of halogens is 1. The predicted molar refractivity (Wildman–Crippen MR) is 112 cm³/mol. The van der Waals surface area contributed by atoms with Crippen LogP contribution in [0.1, 0.15) is 34.5 Å². The van der Waals surface area contributed by atoms with Crippen molar-refractivity contribution in [2.24, 2.45) is 0 Å². The highest BCUT2D eigenvalue weighted by Gasteiger charge is 2.11. The lowest BCUT2D eigenvalue weighted by atomic mass is 9.96.